The van der Waals surface area contributed by atoms with Crippen LogP contribution in [0.2, 0.25) is 0 Å². The van der Waals surface area contributed by atoms with Crippen molar-refractivity contribution >= 4 is 79.0 Å². The lowest BCUT2D eigenvalue weighted by Gasteiger charge is -2.46. The van der Waals surface area contributed by atoms with Gasteiger partial charge in [0.1, 0.15) is 0 Å². The molecule has 586 valence electrons. The summed E-state index contributed by atoms with van der Waals surface area (Å²) in [4.78, 5) is 5.55. The lowest BCUT2D eigenvalue weighted by Crippen LogP contribution is -2.61. The second kappa shape index (κ2) is 30.4. The van der Waals surface area contributed by atoms with Crippen molar-refractivity contribution in [2.45, 2.75) is 131 Å². The molecule has 120 heavy (non-hydrogen) atoms. The normalized spacial score (nSPS) is 12.8. The van der Waals surface area contributed by atoms with Crippen molar-refractivity contribution in [3.05, 3.63) is 386 Å². The Morgan fingerprint density at radius 1 is 0.250 bits per heavy atom. The van der Waals surface area contributed by atoms with Gasteiger partial charge in [-0.15, -0.1) is 0 Å². The average Bonchev–Trinajstić information content (AvgIpc) is 1.21. The molecule has 19 rings (SSSR count). The summed E-state index contributed by atoms with van der Waals surface area (Å²) < 4.78 is 2.59. The van der Waals surface area contributed by atoms with Gasteiger partial charge in [-0.1, -0.05) is 375 Å². The van der Waals surface area contributed by atoms with Crippen LogP contribution in [-0.2, 0) is 28.1 Å². The van der Waals surface area contributed by atoms with E-state index in [9.17, 15) is 0 Å². The molecule has 4 heteroatoms. The molecule has 0 saturated heterocycles. The molecule has 0 bridgehead atoms. The molecule has 0 unspecified atom stereocenters. The van der Waals surface area contributed by atoms with Gasteiger partial charge in [-0.05, 0) is 235 Å². The summed E-state index contributed by atoms with van der Waals surface area (Å²) in [6.07, 6.45) is 2.92. The largest absolute Gasteiger partial charge is 0.310 e. The summed E-state index contributed by atoms with van der Waals surface area (Å²) in [6, 6.07) is 138. The number of anilines is 6. The Hall–Kier alpha value is -13.0. The molecule has 0 amide bonds. The summed E-state index contributed by atoms with van der Waals surface area (Å²) in [6.45, 7) is 30.4. The monoisotopic (exact) mass is 1550 g/mol. The molecule has 17 aromatic rings. The van der Waals surface area contributed by atoms with Crippen molar-refractivity contribution in [3.63, 3.8) is 0 Å². The van der Waals surface area contributed by atoms with Crippen LogP contribution < -0.4 is 26.2 Å². The van der Waals surface area contributed by atoms with E-state index in [0.29, 0.717) is 0 Å². The summed E-state index contributed by atoms with van der Waals surface area (Å²) in [7, 11) is 0. The quantitative estimate of drug-likeness (QED) is 0.0948. The van der Waals surface area contributed by atoms with Crippen molar-refractivity contribution in [2.75, 3.05) is 9.80 Å². The highest BCUT2D eigenvalue weighted by molar-refractivity contribution is 7.00. The molecule has 3 nitrogen and oxygen atoms in total. The van der Waals surface area contributed by atoms with Crippen LogP contribution in [-0.4, -0.2) is 11.3 Å². The third kappa shape index (κ3) is 14.2. The minimum Gasteiger partial charge on any atom is -0.310 e. The average molecular weight is 1550 g/mol. The summed E-state index contributed by atoms with van der Waals surface area (Å²) in [5.41, 5.74) is 41.0. The van der Waals surface area contributed by atoms with Crippen LogP contribution in [0, 0.1) is 0 Å². The molecule has 16 aromatic carbocycles. The van der Waals surface area contributed by atoms with Gasteiger partial charge in [-0.25, -0.2) is 0 Å². The number of fused-ring (bicyclic) bond motifs is 7. The maximum Gasteiger partial charge on any atom is 0.252 e. The molecule has 0 aliphatic carbocycles. The molecule has 3 heterocycles. The number of unbranched alkanes of at least 4 members (excludes halogenated alkanes) is 1. The highest BCUT2D eigenvalue weighted by Crippen LogP contribution is 2.56. The number of hydrogen-bond acceptors (Lipinski definition) is 2. The highest BCUT2D eigenvalue weighted by atomic mass is 15.2. The molecule has 1 aromatic heterocycles. The SMILES string of the molecule is CCCCc1cc2c3c(c1)N(c1c(-c4ccc(-c5ccccc5)cc4)cc(C(C)(C)C)cc1-c1ccc(-c4ccccc4)cc1)c1cc(-n4c5ccc(C(C)(C)C)cc5c5cc(C(C)(C)C)ccc54)ccc1B3c1cc(-c3ccccc3)ccc1N2c1c(-c2ccc(-c3ccccc3)cc2)cc(C(C)(C)C)cc1-c1ccc(-c2ccccc2)cc1. The van der Waals surface area contributed by atoms with Crippen LogP contribution >= 0.6 is 0 Å². The minimum atomic E-state index is -0.264. The topological polar surface area (TPSA) is 11.4 Å². The zero-order valence-corrected chi connectivity index (χ0v) is 71.6. The molecule has 2 aliphatic heterocycles. The molecule has 2 aliphatic rings. The van der Waals surface area contributed by atoms with Crippen molar-refractivity contribution in [3.8, 4) is 106 Å². The van der Waals surface area contributed by atoms with Gasteiger partial charge in [-0.3, -0.25) is 0 Å². The second-order valence-corrected chi connectivity index (χ2v) is 37.6. The fourth-order valence-corrected chi connectivity index (χ4v) is 18.6. The van der Waals surface area contributed by atoms with E-state index in [-0.39, 0.29) is 28.4 Å². The van der Waals surface area contributed by atoms with E-state index in [1.165, 1.54) is 144 Å². The number of aryl methyl sites for hydroxylation is 1. The summed E-state index contributed by atoms with van der Waals surface area (Å²) >= 11 is 0. The van der Waals surface area contributed by atoms with Crippen molar-refractivity contribution in [1.82, 2.24) is 4.57 Å². The molecular weight excluding hydrogens is 1450 g/mol. The predicted molar refractivity (Wildman–Crippen MR) is 517 cm³/mol. The number of nitrogens with zero attached hydrogens (tertiary/aromatic N) is 3. The fourth-order valence-electron chi connectivity index (χ4n) is 18.6. The van der Waals surface area contributed by atoms with Gasteiger partial charge in [0.15, 0.2) is 0 Å². The van der Waals surface area contributed by atoms with Gasteiger partial charge in [0.05, 0.1) is 22.4 Å². The Balaban J connectivity index is 0.975. The number of hydrogen-bond donors (Lipinski definition) is 0. The van der Waals surface area contributed by atoms with E-state index in [0.717, 1.165) is 81.1 Å². The lowest BCUT2D eigenvalue weighted by atomic mass is 9.33. The van der Waals surface area contributed by atoms with Crippen molar-refractivity contribution < 1.29 is 0 Å². The van der Waals surface area contributed by atoms with Gasteiger partial charge >= 0.3 is 0 Å². The van der Waals surface area contributed by atoms with Gasteiger partial charge in [0, 0.05) is 61.5 Å². The number of rotatable bonds is 15. The minimum absolute atomic E-state index is 0.0754. The van der Waals surface area contributed by atoms with E-state index >= 15 is 0 Å². The molecule has 0 N–H and O–H groups in total. The van der Waals surface area contributed by atoms with E-state index < -0.39 is 0 Å². The predicted octanol–water partition coefficient (Wildman–Crippen LogP) is 30.4. The van der Waals surface area contributed by atoms with Crippen LogP contribution in [0.3, 0.4) is 0 Å². The van der Waals surface area contributed by atoms with Crippen LogP contribution in [0.1, 0.15) is 131 Å². The van der Waals surface area contributed by atoms with Crippen molar-refractivity contribution in [2.24, 2.45) is 0 Å². The Labute approximate surface area is 711 Å². The Morgan fingerprint density at radius 2 is 0.567 bits per heavy atom. The zero-order valence-electron chi connectivity index (χ0n) is 71.6. The Bertz CT molecular complexity index is 6430. The third-order valence-electron chi connectivity index (χ3n) is 25.4. The standard InChI is InChI=1S/C116H104BN3/c1-14-15-31-76-66-108-110-109(67-76)120(112-98(88-54-46-84(47-55-88)79-36-25-18-26-37-79)73-94(116(11,12)13)74-99(112)89-56-48-85(49-57-89)80-38-27-19-28-39-80)107-75-95(118-104-64-59-91(113(2,3)4)69-100(104)101-70-92(114(5,6)7)60-65-105(101)118)61-62-102(107)117(110)103-68-90(81-40-29-20-30-41-81)58-63-106(103)119(108)111-96(86-50-42-82(43-51-86)77-32-21-16-22-33-77)71-93(115(8,9)10)72-97(111)87-52-44-83(45-53-87)78-34-23-17-24-35-78/h16-30,32-75H,14-15,31H2,1-13H3. The second-order valence-electron chi connectivity index (χ2n) is 37.6. The maximum absolute atomic E-state index is 2.79. The van der Waals surface area contributed by atoms with Gasteiger partial charge in [-0.2, -0.15) is 0 Å². The first-order valence-corrected chi connectivity index (χ1v) is 43.2. The highest BCUT2D eigenvalue weighted by Gasteiger charge is 2.46. The number of benzene rings is 16. The van der Waals surface area contributed by atoms with E-state index in [2.05, 4.69) is 462 Å². The Morgan fingerprint density at radius 3 is 0.908 bits per heavy atom. The van der Waals surface area contributed by atoms with Gasteiger partial charge in [0.2, 0.25) is 0 Å². The third-order valence-corrected chi connectivity index (χ3v) is 25.4. The first-order chi connectivity index (χ1) is 58.0. The van der Waals surface area contributed by atoms with Crippen LogP contribution in [0.4, 0.5) is 34.1 Å². The van der Waals surface area contributed by atoms with Gasteiger partial charge < -0.3 is 14.4 Å². The first kappa shape index (κ1) is 76.9. The number of aromatic nitrogens is 1. The maximum atomic E-state index is 2.79. The van der Waals surface area contributed by atoms with E-state index in [1.807, 2.05) is 0 Å². The lowest BCUT2D eigenvalue weighted by molar-refractivity contribution is 0.590. The Kier molecular flexibility index (Phi) is 19.5. The zero-order chi connectivity index (χ0) is 82.5. The molecule has 0 spiro atoms. The molecular formula is C116H104BN3. The molecule has 0 saturated carbocycles. The smallest absolute Gasteiger partial charge is 0.252 e. The summed E-state index contributed by atoms with van der Waals surface area (Å²) in [5.74, 6) is 0. The van der Waals surface area contributed by atoms with Crippen LogP contribution in [0.15, 0.2) is 358 Å². The van der Waals surface area contributed by atoms with Gasteiger partial charge in [0.25, 0.3) is 6.71 Å². The van der Waals surface area contributed by atoms with E-state index in [1.54, 1.807) is 0 Å². The molecule has 0 atom stereocenters. The summed E-state index contributed by atoms with van der Waals surface area (Å²) in [5, 5.41) is 2.52. The fraction of sp³-hybridized carbons (Fsp3) is 0.172. The first-order valence-electron chi connectivity index (χ1n) is 43.2. The van der Waals surface area contributed by atoms with Crippen LogP contribution in [0.25, 0.3) is 128 Å². The van der Waals surface area contributed by atoms with Crippen LogP contribution in [0.5, 0.6) is 0 Å². The molecule has 0 fully saturated rings. The van der Waals surface area contributed by atoms with Crippen molar-refractivity contribution in [1.29, 1.82) is 0 Å². The van der Waals surface area contributed by atoms with E-state index in [4.69, 9.17) is 0 Å². The molecule has 0 radical (unpaired) electrons.